The molecule has 0 radical (unpaired) electrons. The third-order valence-corrected chi connectivity index (χ3v) is 5.07. The van der Waals surface area contributed by atoms with Crippen molar-refractivity contribution in [1.29, 1.82) is 0 Å². The van der Waals surface area contributed by atoms with Gasteiger partial charge >= 0.3 is 12.0 Å². The molecule has 0 spiro atoms. The molecule has 24 heavy (non-hydrogen) atoms. The number of hydrogen-bond donors (Lipinski definition) is 4. The van der Waals surface area contributed by atoms with Gasteiger partial charge in [0.05, 0.1) is 29.6 Å². The number of anilines is 1. The minimum Gasteiger partial charge on any atom is -0.481 e. The van der Waals surface area contributed by atoms with Crippen LogP contribution in [0.2, 0.25) is 0 Å². The zero-order valence-electron chi connectivity index (χ0n) is 12.4. The van der Waals surface area contributed by atoms with Crippen molar-refractivity contribution in [2.24, 2.45) is 17.6 Å². The Morgan fingerprint density at radius 2 is 1.88 bits per heavy atom. The molecule has 9 nitrogen and oxygen atoms in total. The first kappa shape index (κ1) is 16.4. The van der Waals surface area contributed by atoms with E-state index < -0.39 is 47.9 Å². The van der Waals surface area contributed by atoms with Crippen LogP contribution in [0.1, 0.15) is 23.2 Å². The summed E-state index contributed by atoms with van der Waals surface area (Å²) in [5, 5.41) is 15.6. The van der Waals surface area contributed by atoms with Gasteiger partial charge in [0.15, 0.2) is 0 Å². The lowest BCUT2D eigenvalue weighted by Gasteiger charge is -2.23. The molecule has 4 atom stereocenters. The van der Waals surface area contributed by atoms with Crippen LogP contribution in [-0.2, 0) is 14.3 Å². The molecule has 0 aromatic carbocycles. The van der Waals surface area contributed by atoms with E-state index in [2.05, 4.69) is 5.32 Å². The van der Waals surface area contributed by atoms with Crippen LogP contribution < -0.4 is 16.4 Å². The lowest BCUT2D eigenvalue weighted by molar-refractivity contribution is -0.147. The van der Waals surface area contributed by atoms with Gasteiger partial charge in [-0.1, -0.05) is 0 Å². The Morgan fingerprint density at radius 3 is 2.50 bits per heavy atom. The van der Waals surface area contributed by atoms with Crippen LogP contribution in [0.3, 0.4) is 0 Å². The van der Waals surface area contributed by atoms with Crippen molar-refractivity contribution in [2.45, 2.75) is 25.0 Å². The number of amides is 4. The molecule has 3 heterocycles. The molecule has 2 aliphatic rings. The van der Waals surface area contributed by atoms with E-state index in [0.29, 0.717) is 12.8 Å². The fourth-order valence-corrected chi connectivity index (χ4v) is 4.07. The van der Waals surface area contributed by atoms with Gasteiger partial charge in [0, 0.05) is 0 Å². The van der Waals surface area contributed by atoms with E-state index in [1.165, 1.54) is 6.07 Å². The van der Waals surface area contributed by atoms with Gasteiger partial charge in [-0.3, -0.25) is 19.7 Å². The largest absolute Gasteiger partial charge is 0.481 e. The quantitative estimate of drug-likeness (QED) is 0.615. The maximum absolute atomic E-state index is 12.5. The molecule has 10 heteroatoms. The van der Waals surface area contributed by atoms with E-state index in [9.17, 15) is 24.3 Å². The van der Waals surface area contributed by atoms with Crippen molar-refractivity contribution in [3.8, 4) is 0 Å². The third kappa shape index (κ3) is 2.85. The van der Waals surface area contributed by atoms with Crippen LogP contribution in [0.15, 0.2) is 11.4 Å². The van der Waals surface area contributed by atoms with Crippen molar-refractivity contribution >= 4 is 40.2 Å². The van der Waals surface area contributed by atoms with E-state index in [1.54, 1.807) is 5.38 Å². The topological polar surface area (TPSA) is 148 Å². The van der Waals surface area contributed by atoms with Gasteiger partial charge in [0.1, 0.15) is 5.00 Å². The first-order chi connectivity index (χ1) is 11.4. The summed E-state index contributed by atoms with van der Waals surface area (Å²) in [4.78, 5) is 46.6. The lowest BCUT2D eigenvalue weighted by Crippen LogP contribution is -2.41. The highest BCUT2D eigenvalue weighted by atomic mass is 32.1. The Hall–Kier alpha value is -2.46. The van der Waals surface area contributed by atoms with Gasteiger partial charge in [-0.15, -0.1) is 11.3 Å². The van der Waals surface area contributed by atoms with E-state index >= 15 is 0 Å². The Labute approximate surface area is 140 Å². The molecule has 128 valence electrons. The van der Waals surface area contributed by atoms with Crippen LogP contribution in [0, 0.1) is 11.8 Å². The molecule has 5 N–H and O–H groups in total. The minimum atomic E-state index is -1.07. The number of nitrogens with one attached hydrogen (secondary N) is 2. The number of primary amides is 1. The summed E-state index contributed by atoms with van der Waals surface area (Å²) in [6, 6.07) is 0.431. The summed E-state index contributed by atoms with van der Waals surface area (Å²) in [5.41, 5.74) is 4.99. The summed E-state index contributed by atoms with van der Waals surface area (Å²) in [7, 11) is 0. The number of hydrogen-bond acceptors (Lipinski definition) is 6. The maximum atomic E-state index is 12.5. The molecule has 1 aromatic heterocycles. The number of thiophene rings is 1. The Kier molecular flexibility index (Phi) is 4.24. The third-order valence-electron chi connectivity index (χ3n) is 4.24. The van der Waals surface area contributed by atoms with Crippen molar-refractivity contribution < 1.29 is 29.0 Å². The van der Waals surface area contributed by atoms with Crippen LogP contribution in [-0.4, -0.2) is 41.1 Å². The monoisotopic (exact) mass is 353 g/mol. The standard InChI is InChI=1S/C14H15N3O6S/c15-14(22)17-10(18)5-3-4-24-12(5)16-11(19)8-6-1-2-7(23-6)9(8)13(20)21/h3-4,6-9H,1-2H2,(H,16,19)(H,20,21)(H3,15,17,18,22)/t6-,7-,8+,9-/m0/s1. The van der Waals surface area contributed by atoms with Gasteiger partial charge in [-0.05, 0) is 24.3 Å². The number of fused-ring (bicyclic) bond motifs is 2. The molecule has 0 aliphatic carbocycles. The molecule has 3 rings (SSSR count). The average molecular weight is 353 g/mol. The number of carboxylic acid groups (broad SMARTS) is 1. The van der Waals surface area contributed by atoms with Crippen LogP contribution in [0.4, 0.5) is 9.80 Å². The molecule has 2 bridgehead atoms. The number of carbonyl (C=O) groups excluding carboxylic acids is 3. The molecule has 2 fully saturated rings. The highest BCUT2D eigenvalue weighted by molar-refractivity contribution is 7.14. The fourth-order valence-electron chi connectivity index (χ4n) is 3.28. The number of carboxylic acids is 1. The Bertz CT molecular complexity index is 717. The summed E-state index contributed by atoms with van der Waals surface area (Å²) in [6.07, 6.45) is 0.367. The second-order valence-corrected chi connectivity index (χ2v) is 6.57. The minimum absolute atomic E-state index is 0.0862. The molecule has 1 aromatic rings. The SMILES string of the molecule is NC(=O)NC(=O)c1ccsc1NC(=O)[C@H]1[C@@H](C(=O)O)[C@@H]2CC[C@@H]1O2. The summed E-state index contributed by atoms with van der Waals surface area (Å²) < 4.78 is 5.55. The zero-order valence-corrected chi connectivity index (χ0v) is 13.2. The fraction of sp³-hybridized carbons (Fsp3) is 0.429. The van der Waals surface area contributed by atoms with Gasteiger partial charge in [-0.2, -0.15) is 0 Å². The van der Waals surface area contributed by atoms with E-state index in [1.807, 2.05) is 5.32 Å². The number of ether oxygens (including phenoxy) is 1. The number of rotatable bonds is 4. The molecule has 2 aliphatic heterocycles. The van der Waals surface area contributed by atoms with Gasteiger partial charge < -0.3 is 20.9 Å². The Balaban J connectivity index is 1.76. The van der Waals surface area contributed by atoms with Gasteiger partial charge in [0.25, 0.3) is 5.91 Å². The highest BCUT2D eigenvalue weighted by Gasteiger charge is 2.55. The first-order valence-electron chi connectivity index (χ1n) is 7.26. The number of aliphatic carboxylic acids is 1. The lowest BCUT2D eigenvalue weighted by atomic mass is 9.79. The summed E-state index contributed by atoms with van der Waals surface area (Å²) >= 11 is 1.09. The molecular formula is C14H15N3O6S. The predicted molar refractivity (Wildman–Crippen MR) is 82.5 cm³/mol. The number of nitrogens with two attached hydrogens (primary N) is 1. The summed E-state index contributed by atoms with van der Waals surface area (Å²) in [6.45, 7) is 0. The molecule has 4 amide bonds. The Morgan fingerprint density at radius 1 is 1.21 bits per heavy atom. The molecule has 2 saturated heterocycles. The first-order valence-corrected chi connectivity index (χ1v) is 8.14. The molecular weight excluding hydrogens is 338 g/mol. The van der Waals surface area contributed by atoms with Gasteiger partial charge in [0.2, 0.25) is 5.91 Å². The van der Waals surface area contributed by atoms with Crippen molar-refractivity contribution in [3.63, 3.8) is 0 Å². The molecule has 0 unspecified atom stereocenters. The second-order valence-electron chi connectivity index (χ2n) is 5.65. The van der Waals surface area contributed by atoms with Crippen LogP contribution >= 0.6 is 11.3 Å². The van der Waals surface area contributed by atoms with Crippen molar-refractivity contribution in [3.05, 3.63) is 17.0 Å². The van der Waals surface area contributed by atoms with Gasteiger partial charge in [-0.25, -0.2) is 4.79 Å². The molecule has 0 saturated carbocycles. The zero-order chi connectivity index (χ0) is 17.4. The second kappa shape index (κ2) is 6.21. The van der Waals surface area contributed by atoms with Crippen molar-refractivity contribution in [2.75, 3.05) is 5.32 Å². The number of urea groups is 1. The normalized spacial score (nSPS) is 27.7. The van der Waals surface area contributed by atoms with Crippen LogP contribution in [0.5, 0.6) is 0 Å². The number of imide groups is 1. The van der Waals surface area contributed by atoms with E-state index in [0.717, 1.165) is 11.3 Å². The highest BCUT2D eigenvalue weighted by Crippen LogP contribution is 2.44. The maximum Gasteiger partial charge on any atom is 0.319 e. The summed E-state index contributed by atoms with van der Waals surface area (Å²) in [5.74, 6) is -4.02. The van der Waals surface area contributed by atoms with E-state index in [-0.39, 0.29) is 10.6 Å². The number of carbonyl (C=O) groups is 4. The van der Waals surface area contributed by atoms with E-state index in [4.69, 9.17) is 10.5 Å². The van der Waals surface area contributed by atoms with Crippen LogP contribution in [0.25, 0.3) is 0 Å². The average Bonchev–Trinajstić information content (AvgIpc) is 3.20. The predicted octanol–water partition coefficient (Wildman–Crippen LogP) is 0.373. The van der Waals surface area contributed by atoms with Crippen molar-refractivity contribution in [1.82, 2.24) is 5.32 Å². The smallest absolute Gasteiger partial charge is 0.319 e.